The van der Waals surface area contributed by atoms with Gasteiger partial charge >= 0.3 is 0 Å². The Kier molecular flexibility index (Phi) is 6.07. The molecule has 0 radical (unpaired) electrons. The predicted molar refractivity (Wildman–Crippen MR) is 111 cm³/mol. The Morgan fingerprint density at radius 2 is 1.66 bits per heavy atom. The van der Waals surface area contributed by atoms with Crippen molar-refractivity contribution in [3.05, 3.63) is 63.9 Å². The van der Waals surface area contributed by atoms with Gasteiger partial charge in [-0.1, -0.05) is 18.2 Å². The molecule has 7 nitrogen and oxygen atoms in total. The number of carbonyl (C=O) groups is 1. The minimum Gasteiger partial charge on any atom is -0.493 e. The van der Waals surface area contributed by atoms with Crippen LogP contribution in [0.5, 0.6) is 17.2 Å². The van der Waals surface area contributed by atoms with Crippen LogP contribution in [0.3, 0.4) is 0 Å². The molecule has 0 bridgehead atoms. The summed E-state index contributed by atoms with van der Waals surface area (Å²) in [5.74, 6) is 0.976. The van der Waals surface area contributed by atoms with Gasteiger partial charge < -0.3 is 24.1 Å². The van der Waals surface area contributed by atoms with Crippen molar-refractivity contribution >= 4 is 16.8 Å². The number of amides is 1. The molecule has 0 unspecified atom stereocenters. The quantitative estimate of drug-likeness (QED) is 0.663. The van der Waals surface area contributed by atoms with Crippen LogP contribution < -0.4 is 19.8 Å². The van der Waals surface area contributed by atoms with Crippen molar-refractivity contribution in [3.63, 3.8) is 0 Å². The summed E-state index contributed by atoms with van der Waals surface area (Å²) in [6.07, 6.45) is 0. The third kappa shape index (κ3) is 4.03. The summed E-state index contributed by atoms with van der Waals surface area (Å²) >= 11 is 0. The number of aromatic nitrogens is 1. The van der Waals surface area contributed by atoms with Gasteiger partial charge in [-0.25, -0.2) is 0 Å². The number of fused-ring (bicyclic) bond motifs is 1. The van der Waals surface area contributed by atoms with Gasteiger partial charge in [0, 0.05) is 23.2 Å². The van der Waals surface area contributed by atoms with E-state index in [4.69, 9.17) is 14.2 Å². The highest BCUT2D eigenvalue weighted by Gasteiger charge is 2.21. The van der Waals surface area contributed by atoms with Gasteiger partial charge in [0.2, 0.25) is 5.75 Å². The highest BCUT2D eigenvalue weighted by atomic mass is 16.5. The molecule has 1 aromatic heterocycles. The van der Waals surface area contributed by atoms with Gasteiger partial charge in [0.25, 0.3) is 11.5 Å². The number of hydrogen-bond acceptors (Lipinski definition) is 5. The van der Waals surface area contributed by atoms with E-state index in [2.05, 4.69) is 4.98 Å². The SMILES string of the molecule is CCN(Cc1cc2ccccc2[nH]c1=O)C(=O)c1cc(OC)c(OC)c(OC)c1. The highest BCUT2D eigenvalue weighted by Crippen LogP contribution is 2.38. The largest absolute Gasteiger partial charge is 0.493 e. The summed E-state index contributed by atoms with van der Waals surface area (Å²) in [5, 5.41) is 0.915. The lowest BCUT2D eigenvalue weighted by Crippen LogP contribution is -2.32. The number of rotatable bonds is 7. The fourth-order valence-corrected chi connectivity index (χ4v) is 3.23. The van der Waals surface area contributed by atoms with Gasteiger partial charge in [-0.05, 0) is 36.6 Å². The summed E-state index contributed by atoms with van der Waals surface area (Å²) in [6.45, 7) is 2.49. The molecule has 0 aliphatic carbocycles. The summed E-state index contributed by atoms with van der Waals surface area (Å²) in [4.78, 5) is 30.1. The number of para-hydroxylation sites is 1. The summed E-state index contributed by atoms with van der Waals surface area (Å²) in [6, 6.07) is 12.6. The molecule has 152 valence electrons. The number of nitrogens with one attached hydrogen (secondary N) is 1. The fourth-order valence-electron chi connectivity index (χ4n) is 3.23. The maximum atomic E-state index is 13.2. The van der Waals surface area contributed by atoms with Gasteiger partial charge in [-0.2, -0.15) is 0 Å². The minimum absolute atomic E-state index is 0.187. The zero-order valence-electron chi connectivity index (χ0n) is 16.9. The summed E-state index contributed by atoms with van der Waals surface area (Å²) in [7, 11) is 4.50. The van der Waals surface area contributed by atoms with Gasteiger partial charge in [0.15, 0.2) is 11.5 Å². The number of pyridine rings is 1. The van der Waals surface area contributed by atoms with Crippen LogP contribution in [0.25, 0.3) is 10.9 Å². The first-order valence-electron chi connectivity index (χ1n) is 9.22. The van der Waals surface area contributed by atoms with E-state index in [-0.39, 0.29) is 18.0 Å². The standard InChI is InChI=1S/C22H24N2O5/c1-5-24(13-16-10-14-8-6-7-9-17(14)23-21(16)25)22(26)15-11-18(27-2)20(29-4)19(12-15)28-3/h6-12H,5,13H2,1-4H3,(H,23,25). The number of aromatic amines is 1. The number of H-pyrrole nitrogens is 1. The Labute approximate surface area is 168 Å². The highest BCUT2D eigenvalue weighted by molar-refractivity contribution is 5.95. The third-order valence-electron chi connectivity index (χ3n) is 4.77. The molecule has 0 atom stereocenters. The number of ether oxygens (including phenoxy) is 3. The van der Waals surface area contributed by atoms with Crippen molar-refractivity contribution in [2.75, 3.05) is 27.9 Å². The second kappa shape index (κ2) is 8.68. The molecule has 0 aliphatic rings. The maximum Gasteiger partial charge on any atom is 0.254 e. The first-order chi connectivity index (χ1) is 14.0. The Bertz CT molecular complexity index is 1060. The van der Waals surface area contributed by atoms with E-state index in [0.717, 1.165) is 10.9 Å². The number of hydrogen-bond donors (Lipinski definition) is 1. The van der Waals surface area contributed by atoms with E-state index >= 15 is 0 Å². The van der Waals surface area contributed by atoms with Crippen molar-refractivity contribution in [1.29, 1.82) is 0 Å². The van der Waals surface area contributed by atoms with Crippen LogP contribution in [0.2, 0.25) is 0 Å². The van der Waals surface area contributed by atoms with Crippen LogP contribution >= 0.6 is 0 Å². The van der Waals surface area contributed by atoms with E-state index in [1.54, 1.807) is 17.0 Å². The normalized spacial score (nSPS) is 10.6. The molecule has 3 rings (SSSR count). The number of benzene rings is 2. The molecule has 1 N–H and O–H groups in total. The van der Waals surface area contributed by atoms with E-state index < -0.39 is 0 Å². The number of nitrogens with zero attached hydrogens (tertiary/aromatic N) is 1. The maximum absolute atomic E-state index is 13.2. The van der Waals surface area contributed by atoms with Gasteiger partial charge in [0.05, 0.1) is 27.9 Å². The van der Waals surface area contributed by atoms with Crippen LogP contribution in [0.1, 0.15) is 22.8 Å². The molecule has 7 heteroatoms. The fraction of sp³-hybridized carbons (Fsp3) is 0.273. The molecule has 29 heavy (non-hydrogen) atoms. The molecule has 2 aromatic carbocycles. The molecule has 0 saturated heterocycles. The predicted octanol–water partition coefficient (Wildman–Crippen LogP) is 3.22. The Morgan fingerprint density at radius 1 is 1.00 bits per heavy atom. The molecular weight excluding hydrogens is 372 g/mol. The zero-order valence-corrected chi connectivity index (χ0v) is 16.9. The molecule has 0 saturated carbocycles. The number of methoxy groups -OCH3 is 3. The first kappa shape index (κ1) is 20.3. The van der Waals surface area contributed by atoms with Crippen molar-refractivity contribution in [2.45, 2.75) is 13.5 Å². The molecule has 1 heterocycles. The van der Waals surface area contributed by atoms with Gasteiger partial charge in [-0.3, -0.25) is 9.59 Å². The topological polar surface area (TPSA) is 80.9 Å². The van der Waals surface area contributed by atoms with E-state index in [1.165, 1.54) is 21.3 Å². The van der Waals surface area contributed by atoms with Crippen LogP contribution in [0.4, 0.5) is 0 Å². The molecule has 0 spiro atoms. The van der Waals surface area contributed by atoms with Gasteiger partial charge in [-0.15, -0.1) is 0 Å². The second-order valence-corrected chi connectivity index (χ2v) is 6.44. The lowest BCUT2D eigenvalue weighted by Gasteiger charge is -2.22. The van der Waals surface area contributed by atoms with Crippen molar-refractivity contribution in [1.82, 2.24) is 9.88 Å². The smallest absolute Gasteiger partial charge is 0.254 e. The average Bonchev–Trinajstić information content (AvgIpc) is 2.75. The van der Waals surface area contributed by atoms with Crippen LogP contribution in [-0.4, -0.2) is 43.7 Å². The molecular formula is C22H24N2O5. The average molecular weight is 396 g/mol. The molecule has 1 amide bonds. The van der Waals surface area contributed by atoms with Crippen LogP contribution in [0, 0.1) is 0 Å². The monoisotopic (exact) mass is 396 g/mol. The first-order valence-corrected chi connectivity index (χ1v) is 9.22. The second-order valence-electron chi connectivity index (χ2n) is 6.44. The Morgan fingerprint density at radius 3 is 2.24 bits per heavy atom. The van der Waals surface area contributed by atoms with E-state index in [1.807, 2.05) is 37.3 Å². The van der Waals surface area contributed by atoms with Crippen LogP contribution in [0.15, 0.2) is 47.3 Å². The number of carbonyl (C=O) groups excluding carboxylic acids is 1. The van der Waals surface area contributed by atoms with Crippen LogP contribution in [-0.2, 0) is 6.54 Å². The Balaban J connectivity index is 1.96. The van der Waals surface area contributed by atoms with E-state index in [9.17, 15) is 9.59 Å². The summed E-state index contributed by atoms with van der Waals surface area (Å²) < 4.78 is 16.0. The lowest BCUT2D eigenvalue weighted by molar-refractivity contribution is 0.0751. The minimum atomic E-state index is -0.237. The zero-order chi connectivity index (χ0) is 21.0. The molecule has 0 fully saturated rings. The Hall–Kier alpha value is -3.48. The van der Waals surface area contributed by atoms with Crippen molar-refractivity contribution in [3.8, 4) is 17.2 Å². The third-order valence-corrected chi connectivity index (χ3v) is 4.77. The van der Waals surface area contributed by atoms with Crippen molar-refractivity contribution in [2.24, 2.45) is 0 Å². The molecule has 0 aliphatic heterocycles. The lowest BCUT2D eigenvalue weighted by atomic mass is 10.1. The molecule has 3 aromatic rings. The summed E-state index contributed by atoms with van der Waals surface area (Å²) in [5.41, 5.74) is 1.46. The van der Waals surface area contributed by atoms with Crippen molar-refractivity contribution < 1.29 is 19.0 Å². The van der Waals surface area contributed by atoms with Gasteiger partial charge in [0.1, 0.15) is 0 Å². The van der Waals surface area contributed by atoms with E-state index in [0.29, 0.717) is 34.9 Å².